The van der Waals surface area contributed by atoms with Crippen LogP contribution in [0.5, 0.6) is 5.75 Å². The van der Waals surface area contributed by atoms with Gasteiger partial charge in [-0.25, -0.2) is 8.42 Å². The van der Waals surface area contributed by atoms with Crippen molar-refractivity contribution < 1.29 is 27.4 Å². The van der Waals surface area contributed by atoms with Gasteiger partial charge in [0.15, 0.2) is 0 Å². The van der Waals surface area contributed by atoms with Gasteiger partial charge in [0.2, 0.25) is 10.0 Å². The molecular formula is C19H28N2O6S. The lowest BCUT2D eigenvalue weighted by Crippen LogP contribution is -2.61. The van der Waals surface area contributed by atoms with E-state index in [1.54, 1.807) is 13.2 Å². The van der Waals surface area contributed by atoms with Gasteiger partial charge in [0, 0.05) is 32.4 Å². The Balaban J connectivity index is 1.78. The second kappa shape index (κ2) is 8.77. The molecule has 8 nitrogen and oxygen atoms in total. The quantitative estimate of drug-likeness (QED) is 0.694. The zero-order chi connectivity index (χ0) is 20.3. The molecule has 3 rings (SSSR count). The van der Waals surface area contributed by atoms with Crippen LogP contribution in [0.4, 0.5) is 0 Å². The van der Waals surface area contributed by atoms with Gasteiger partial charge in [0.05, 0.1) is 19.3 Å². The number of benzene rings is 1. The zero-order valence-electron chi connectivity index (χ0n) is 16.5. The molecule has 1 aliphatic heterocycles. The van der Waals surface area contributed by atoms with Gasteiger partial charge in [-0.15, -0.1) is 0 Å². The summed E-state index contributed by atoms with van der Waals surface area (Å²) in [5, 5.41) is 2.91. The summed E-state index contributed by atoms with van der Waals surface area (Å²) in [5.41, 5.74) is 0.272. The Morgan fingerprint density at radius 2 is 1.96 bits per heavy atom. The van der Waals surface area contributed by atoms with Gasteiger partial charge >= 0.3 is 0 Å². The molecule has 156 valence electrons. The molecule has 1 aromatic carbocycles. The van der Waals surface area contributed by atoms with E-state index in [-0.39, 0.29) is 40.4 Å². The normalized spacial score (nSPS) is 25.3. The van der Waals surface area contributed by atoms with E-state index >= 15 is 0 Å². The zero-order valence-corrected chi connectivity index (χ0v) is 17.3. The first-order valence-electron chi connectivity index (χ1n) is 9.55. The average molecular weight is 413 g/mol. The van der Waals surface area contributed by atoms with E-state index < -0.39 is 10.0 Å². The molecule has 9 heteroatoms. The van der Waals surface area contributed by atoms with Crippen molar-refractivity contribution in [1.82, 2.24) is 9.62 Å². The summed E-state index contributed by atoms with van der Waals surface area (Å²) in [6.07, 6.45) is 2.08. The van der Waals surface area contributed by atoms with Crippen LogP contribution in [0.1, 0.15) is 36.5 Å². The summed E-state index contributed by atoms with van der Waals surface area (Å²) in [4.78, 5) is 12.7. The number of amides is 1. The number of ether oxygens (including phenoxy) is 3. The molecule has 1 N–H and O–H groups in total. The van der Waals surface area contributed by atoms with E-state index in [1.807, 2.05) is 6.92 Å². The lowest BCUT2D eigenvalue weighted by Gasteiger charge is -2.43. The van der Waals surface area contributed by atoms with Crippen LogP contribution < -0.4 is 10.1 Å². The van der Waals surface area contributed by atoms with Gasteiger partial charge in [-0.1, -0.05) is 0 Å². The molecule has 1 heterocycles. The van der Waals surface area contributed by atoms with Crippen LogP contribution in [0.15, 0.2) is 23.1 Å². The highest BCUT2D eigenvalue weighted by molar-refractivity contribution is 7.89. The van der Waals surface area contributed by atoms with E-state index in [0.717, 1.165) is 12.8 Å². The molecule has 0 aromatic heterocycles. The molecule has 2 aliphatic rings. The molecule has 0 unspecified atom stereocenters. The number of nitrogens with one attached hydrogen (secondary N) is 1. The fourth-order valence-corrected chi connectivity index (χ4v) is 5.45. The van der Waals surface area contributed by atoms with Crippen LogP contribution in [0, 0.1) is 0 Å². The molecule has 2 fully saturated rings. The highest BCUT2D eigenvalue weighted by Gasteiger charge is 2.43. The summed E-state index contributed by atoms with van der Waals surface area (Å²) in [6, 6.07) is 4.31. The van der Waals surface area contributed by atoms with Gasteiger partial charge in [-0.05, 0) is 44.4 Å². The summed E-state index contributed by atoms with van der Waals surface area (Å²) in [6.45, 7) is 3.47. The molecule has 3 atom stereocenters. The van der Waals surface area contributed by atoms with Gasteiger partial charge in [0.1, 0.15) is 16.7 Å². The van der Waals surface area contributed by atoms with Crippen LogP contribution in [-0.4, -0.2) is 70.8 Å². The van der Waals surface area contributed by atoms with Gasteiger partial charge < -0.3 is 19.5 Å². The van der Waals surface area contributed by atoms with Crippen molar-refractivity contribution in [3.05, 3.63) is 23.8 Å². The van der Waals surface area contributed by atoms with E-state index in [0.29, 0.717) is 26.1 Å². The molecule has 0 spiro atoms. The first kappa shape index (κ1) is 21.0. The largest absolute Gasteiger partial charge is 0.495 e. The molecule has 0 radical (unpaired) electrons. The van der Waals surface area contributed by atoms with Crippen molar-refractivity contribution in [1.29, 1.82) is 0 Å². The Bertz CT molecular complexity index is 807. The first-order chi connectivity index (χ1) is 13.4. The molecule has 1 saturated heterocycles. The third-order valence-corrected chi connectivity index (χ3v) is 7.25. The monoisotopic (exact) mass is 412 g/mol. The Labute approximate surface area is 166 Å². The summed E-state index contributed by atoms with van der Waals surface area (Å²) < 4.78 is 43.6. The number of carbonyl (C=O) groups excluding carboxylic acids is 1. The number of sulfonamides is 1. The van der Waals surface area contributed by atoms with Gasteiger partial charge in [0.25, 0.3) is 5.91 Å². The molecule has 28 heavy (non-hydrogen) atoms. The van der Waals surface area contributed by atoms with Crippen molar-refractivity contribution in [2.24, 2.45) is 0 Å². The fraction of sp³-hybridized carbons (Fsp3) is 0.632. The lowest BCUT2D eigenvalue weighted by molar-refractivity contribution is -0.128. The highest BCUT2D eigenvalue weighted by atomic mass is 32.2. The van der Waals surface area contributed by atoms with Crippen LogP contribution in [0.25, 0.3) is 0 Å². The van der Waals surface area contributed by atoms with Crippen LogP contribution >= 0.6 is 0 Å². The van der Waals surface area contributed by atoms with Gasteiger partial charge in [-0.3, -0.25) is 4.79 Å². The molecule has 1 aliphatic carbocycles. The maximum Gasteiger partial charge on any atom is 0.251 e. The van der Waals surface area contributed by atoms with Crippen LogP contribution in [0.2, 0.25) is 0 Å². The second-order valence-electron chi connectivity index (χ2n) is 6.99. The number of hydrogen-bond donors (Lipinski definition) is 1. The maximum absolute atomic E-state index is 13.0. The predicted octanol–water partition coefficient (Wildman–Crippen LogP) is 1.40. The minimum atomic E-state index is -3.71. The van der Waals surface area contributed by atoms with Crippen molar-refractivity contribution in [2.45, 2.75) is 49.3 Å². The Hall–Kier alpha value is -1.68. The molecule has 0 bridgehead atoms. The second-order valence-corrected chi connectivity index (χ2v) is 8.89. The molecule has 1 saturated carbocycles. The first-order valence-corrected chi connectivity index (χ1v) is 11.0. The molecule has 1 amide bonds. The number of nitrogens with zero attached hydrogens (tertiary/aromatic N) is 1. The Kier molecular flexibility index (Phi) is 6.59. The smallest absolute Gasteiger partial charge is 0.251 e. The standard InChI is InChI=1S/C19H28N2O6S/c1-4-27-16-12-14(18(16)26-3)20-19(22)13-7-8-15(25-2)17(11-13)28(23,24)21-9-5-6-10-21/h7-8,11,14,16,18H,4-6,9-10,12H2,1-3H3,(H,20,22)/t14-,16+,18+/m0/s1. The summed E-state index contributed by atoms with van der Waals surface area (Å²) in [5.74, 6) is -0.110. The highest BCUT2D eigenvalue weighted by Crippen LogP contribution is 2.31. The van der Waals surface area contributed by atoms with Crippen molar-refractivity contribution in [3.63, 3.8) is 0 Å². The Morgan fingerprint density at radius 1 is 1.25 bits per heavy atom. The third kappa shape index (κ3) is 4.03. The number of hydrogen-bond acceptors (Lipinski definition) is 6. The lowest BCUT2D eigenvalue weighted by atomic mass is 9.85. The van der Waals surface area contributed by atoms with E-state index in [4.69, 9.17) is 14.2 Å². The van der Waals surface area contributed by atoms with Gasteiger partial charge in [-0.2, -0.15) is 4.31 Å². The van der Waals surface area contributed by atoms with Crippen molar-refractivity contribution in [2.75, 3.05) is 33.9 Å². The van der Waals surface area contributed by atoms with E-state index in [9.17, 15) is 13.2 Å². The fourth-order valence-electron chi connectivity index (χ4n) is 3.75. The molecule has 1 aromatic rings. The average Bonchev–Trinajstić information content (AvgIpc) is 3.22. The molecular weight excluding hydrogens is 384 g/mol. The number of carbonyl (C=O) groups is 1. The predicted molar refractivity (Wildman–Crippen MR) is 103 cm³/mol. The topological polar surface area (TPSA) is 94.2 Å². The maximum atomic E-state index is 13.0. The summed E-state index contributed by atoms with van der Waals surface area (Å²) in [7, 11) is -0.699. The SMILES string of the molecule is CCO[C@@H]1C[C@H](NC(=O)c2ccc(OC)c(S(=O)(=O)N3CCCC3)c2)[C@H]1OC. The van der Waals surface area contributed by atoms with Crippen LogP contribution in [0.3, 0.4) is 0 Å². The third-order valence-electron chi connectivity index (χ3n) is 5.33. The Morgan fingerprint density at radius 3 is 2.57 bits per heavy atom. The summed E-state index contributed by atoms with van der Waals surface area (Å²) >= 11 is 0. The van der Waals surface area contributed by atoms with E-state index in [2.05, 4.69) is 5.32 Å². The minimum Gasteiger partial charge on any atom is -0.495 e. The van der Waals surface area contributed by atoms with Crippen molar-refractivity contribution >= 4 is 15.9 Å². The number of methoxy groups -OCH3 is 2. The van der Waals surface area contributed by atoms with Crippen molar-refractivity contribution in [3.8, 4) is 5.75 Å². The minimum absolute atomic E-state index is 0.0219. The number of rotatable bonds is 8. The van der Waals surface area contributed by atoms with E-state index in [1.165, 1.54) is 23.5 Å². The van der Waals surface area contributed by atoms with Crippen LogP contribution in [-0.2, 0) is 19.5 Å².